The number of halogens is 7. The molecule has 0 heterocycles. The zero-order valence-electron chi connectivity index (χ0n) is 9.95. The van der Waals surface area contributed by atoms with Crippen LogP contribution in [0.25, 0.3) is 0 Å². The highest BCUT2D eigenvalue weighted by molar-refractivity contribution is 5.87. The minimum absolute atomic E-state index is 0.399. The summed E-state index contributed by atoms with van der Waals surface area (Å²) < 4.78 is 91.6. The van der Waals surface area contributed by atoms with E-state index in [1.807, 2.05) is 0 Å². The van der Waals surface area contributed by atoms with Crippen LogP contribution in [0.1, 0.15) is 20.3 Å². The molecule has 0 spiro atoms. The zero-order chi connectivity index (χ0) is 15.6. The van der Waals surface area contributed by atoms with Crippen LogP contribution in [0.2, 0.25) is 0 Å². The number of rotatable bonds is 5. The Morgan fingerprint density at radius 2 is 1.58 bits per heavy atom. The molecule has 0 aliphatic carbocycles. The topological polar surface area (TPSA) is 26.3 Å². The van der Waals surface area contributed by atoms with Crippen LogP contribution in [0.5, 0.6) is 0 Å². The molecule has 0 aliphatic heterocycles. The number of carbonyl (C=O) groups is 1. The summed E-state index contributed by atoms with van der Waals surface area (Å²) >= 11 is 0. The fourth-order valence-electron chi connectivity index (χ4n) is 1.03. The van der Waals surface area contributed by atoms with Crippen LogP contribution in [0, 0.1) is 0 Å². The maximum atomic E-state index is 13.2. The molecule has 0 aliphatic rings. The molecular formula is C10H11F7O2. The third-order valence-corrected chi connectivity index (χ3v) is 2.15. The molecule has 1 atom stereocenters. The number of carbonyl (C=O) groups excluding carboxylic acids is 1. The third kappa shape index (κ3) is 3.38. The van der Waals surface area contributed by atoms with Crippen LogP contribution in [-0.4, -0.2) is 30.1 Å². The third-order valence-electron chi connectivity index (χ3n) is 2.15. The Bertz CT molecular complexity index is 359. The van der Waals surface area contributed by atoms with Gasteiger partial charge in [0.05, 0.1) is 0 Å². The summed E-state index contributed by atoms with van der Waals surface area (Å²) in [6.07, 6.45) is -10.3. The minimum Gasteiger partial charge on any atom is -0.452 e. The number of ether oxygens (including phenoxy) is 1. The summed E-state index contributed by atoms with van der Waals surface area (Å²) in [5, 5.41) is 0. The van der Waals surface area contributed by atoms with E-state index in [0.29, 0.717) is 0 Å². The van der Waals surface area contributed by atoms with E-state index in [1.165, 1.54) is 0 Å². The first-order valence-electron chi connectivity index (χ1n) is 4.97. The predicted molar refractivity (Wildman–Crippen MR) is 50.9 cm³/mol. The molecule has 0 amide bonds. The SMILES string of the molecule is C=C(C)C(=O)OC(CC)C(F)(F)C(F)(F)C(F)(F)F. The summed E-state index contributed by atoms with van der Waals surface area (Å²) in [5.74, 6) is -13.4. The van der Waals surface area contributed by atoms with Crippen molar-refractivity contribution < 1.29 is 40.3 Å². The fourth-order valence-corrected chi connectivity index (χ4v) is 1.03. The molecule has 0 N–H and O–H groups in total. The summed E-state index contributed by atoms with van der Waals surface area (Å²) in [7, 11) is 0. The Kier molecular flexibility index (Phi) is 5.01. The van der Waals surface area contributed by atoms with Gasteiger partial charge in [0.2, 0.25) is 0 Å². The largest absolute Gasteiger partial charge is 0.460 e. The number of esters is 1. The normalized spacial score (nSPS) is 15.0. The van der Waals surface area contributed by atoms with E-state index in [4.69, 9.17) is 0 Å². The number of hydrogen-bond donors (Lipinski definition) is 0. The van der Waals surface area contributed by atoms with E-state index in [0.717, 1.165) is 13.8 Å². The highest BCUT2D eigenvalue weighted by atomic mass is 19.4. The Labute approximate surface area is 104 Å². The van der Waals surface area contributed by atoms with Crippen molar-refractivity contribution in [3.8, 4) is 0 Å². The smallest absolute Gasteiger partial charge is 0.452 e. The second-order valence-electron chi connectivity index (χ2n) is 3.78. The van der Waals surface area contributed by atoms with Crippen LogP contribution in [0.4, 0.5) is 30.7 Å². The molecule has 2 nitrogen and oxygen atoms in total. The fraction of sp³-hybridized carbons (Fsp3) is 0.700. The molecule has 0 saturated heterocycles. The van der Waals surface area contributed by atoms with E-state index in [2.05, 4.69) is 11.3 Å². The molecule has 0 aromatic carbocycles. The molecular weight excluding hydrogens is 285 g/mol. The van der Waals surface area contributed by atoms with Gasteiger partial charge in [-0.3, -0.25) is 0 Å². The van der Waals surface area contributed by atoms with Crippen molar-refractivity contribution in [2.75, 3.05) is 0 Å². The first kappa shape index (κ1) is 17.7. The molecule has 0 rings (SSSR count). The molecule has 0 fully saturated rings. The Hall–Kier alpha value is -1.28. The van der Waals surface area contributed by atoms with E-state index in [9.17, 15) is 35.5 Å². The second-order valence-corrected chi connectivity index (χ2v) is 3.78. The van der Waals surface area contributed by atoms with Crippen molar-refractivity contribution in [1.82, 2.24) is 0 Å². The van der Waals surface area contributed by atoms with Gasteiger partial charge in [-0.05, 0) is 13.3 Å². The van der Waals surface area contributed by atoms with Crippen molar-refractivity contribution in [3.05, 3.63) is 12.2 Å². The quantitative estimate of drug-likeness (QED) is 0.439. The summed E-state index contributed by atoms with van der Waals surface area (Å²) in [6, 6.07) is 0. The van der Waals surface area contributed by atoms with Crippen LogP contribution < -0.4 is 0 Å². The van der Waals surface area contributed by atoms with Gasteiger partial charge in [0.1, 0.15) is 0 Å². The summed E-state index contributed by atoms with van der Waals surface area (Å²) in [6.45, 7) is 4.93. The van der Waals surface area contributed by atoms with Crippen LogP contribution in [-0.2, 0) is 9.53 Å². The first-order valence-corrected chi connectivity index (χ1v) is 4.97. The Morgan fingerprint density at radius 1 is 1.16 bits per heavy atom. The van der Waals surface area contributed by atoms with Crippen molar-refractivity contribution in [2.45, 2.75) is 44.4 Å². The lowest BCUT2D eigenvalue weighted by molar-refractivity contribution is -0.371. The van der Waals surface area contributed by atoms with Crippen molar-refractivity contribution in [2.24, 2.45) is 0 Å². The highest BCUT2D eigenvalue weighted by Gasteiger charge is 2.76. The highest BCUT2D eigenvalue weighted by Crippen LogP contribution is 2.49. The van der Waals surface area contributed by atoms with Gasteiger partial charge in [-0.2, -0.15) is 30.7 Å². The zero-order valence-corrected chi connectivity index (χ0v) is 9.95. The van der Waals surface area contributed by atoms with Gasteiger partial charge in [0.25, 0.3) is 0 Å². The summed E-state index contributed by atoms with van der Waals surface area (Å²) in [4.78, 5) is 11.0. The van der Waals surface area contributed by atoms with Crippen molar-refractivity contribution in [1.29, 1.82) is 0 Å². The molecule has 112 valence electrons. The van der Waals surface area contributed by atoms with Gasteiger partial charge in [0, 0.05) is 5.57 Å². The van der Waals surface area contributed by atoms with E-state index >= 15 is 0 Å². The molecule has 0 aromatic rings. The van der Waals surface area contributed by atoms with Gasteiger partial charge < -0.3 is 4.74 Å². The molecule has 0 bridgehead atoms. The van der Waals surface area contributed by atoms with E-state index < -0.39 is 42.1 Å². The van der Waals surface area contributed by atoms with Crippen LogP contribution in [0.3, 0.4) is 0 Å². The lowest BCUT2D eigenvalue weighted by atomic mass is 10.0. The maximum absolute atomic E-state index is 13.2. The second kappa shape index (κ2) is 5.38. The van der Waals surface area contributed by atoms with Gasteiger partial charge in [-0.1, -0.05) is 13.5 Å². The molecule has 0 aromatic heterocycles. The molecule has 19 heavy (non-hydrogen) atoms. The monoisotopic (exact) mass is 296 g/mol. The van der Waals surface area contributed by atoms with Crippen LogP contribution in [0.15, 0.2) is 12.2 Å². The molecule has 9 heteroatoms. The van der Waals surface area contributed by atoms with Gasteiger partial charge >= 0.3 is 24.0 Å². The number of alkyl halides is 7. The summed E-state index contributed by atoms with van der Waals surface area (Å²) in [5.41, 5.74) is -0.399. The lowest BCUT2D eigenvalue weighted by Crippen LogP contribution is -2.58. The van der Waals surface area contributed by atoms with Gasteiger partial charge in [0.15, 0.2) is 6.10 Å². The van der Waals surface area contributed by atoms with Crippen LogP contribution >= 0.6 is 0 Å². The molecule has 1 unspecified atom stereocenters. The van der Waals surface area contributed by atoms with Gasteiger partial charge in [-0.15, -0.1) is 0 Å². The first-order chi connectivity index (χ1) is 8.29. The van der Waals surface area contributed by atoms with Gasteiger partial charge in [-0.25, -0.2) is 4.79 Å². The van der Waals surface area contributed by atoms with E-state index in [1.54, 1.807) is 0 Å². The standard InChI is InChI=1S/C10H11F7O2/c1-4-6(19-7(18)5(2)3)8(11,12)9(13,14)10(15,16)17/h6H,2,4H2,1,3H3. The predicted octanol–water partition coefficient (Wildman–Crippen LogP) is 3.72. The molecule has 0 radical (unpaired) electrons. The number of hydrogen-bond acceptors (Lipinski definition) is 2. The average molecular weight is 296 g/mol. The molecule has 0 saturated carbocycles. The lowest BCUT2D eigenvalue weighted by Gasteiger charge is -2.33. The average Bonchev–Trinajstić information content (AvgIpc) is 2.22. The maximum Gasteiger partial charge on any atom is 0.460 e. The van der Waals surface area contributed by atoms with Crippen molar-refractivity contribution in [3.63, 3.8) is 0 Å². The van der Waals surface area contributed by atoms with E-state index in [-0.39, 0.29) is 0 Å². The Morgan fingerprint density at radius 3 is 1.84 bits per heavy atom. The van der Waals surface area contributed by atoms with Crippen molar-refractivity contribution >= 4 is 5.97 Å². The Balaban J connectivity index is 5.35. The minimum atomic E-state index is -6.46.